The fourth-order valence-electron chi connectivity index (χ4n) is 1.92. The second-order valence-corrected chi connectivity index (χ2v) is 4.95. The molecule has 1 aromatic carbocycles. The number of halogens is 5. The maximum atomic E-state index is 12.0. The van der Waals surface area contributed by atoms with E-state index < -0.39 is 24.8 Å². The fourth-order valence-corrected chi connectivity index (χ4v) is 1.92. The van der Waals surface area contributed by atoms with E-state index in [1.165, 1.54) is 0 Å². The first kappa shape index (κ1) is 23.2. The summed E-state index contributed by atoms with van der Waals surface area (Å²) in [6.45, 7) is -1.63. The Morgan fingerprint density at radius 3 is 2.28 bits per heavy atom. The minimum Gasteiger partial charge on any atom is -0.455 e. The first-order chi connectivity index (χ1) is 10.8. The monoisotopic (exact) mass is 396 g/mol. The van der Waals surface area contributed by atoms with Crippen LogP contribution in [0.1, 0.15) is 5.56 Å². The maximum absolute atomic E-state index is 12.0. The predicted octanol–water partition coefficient (Wildman–Crippen LogP) is 3.57. The number of nitrogens with zero attached hydrogens (tertiary/aromatic N) is 1. The highest BCUT2D eigenvalue weighted by atomic mass is 35.5. The number of hydrogen-bond acceptors (Lipinski definition) is 4. The summed E-state index contributed by atoms with van der Waals surface area (Å²) in [5, 5.41) is 0. The van der Waals surface area contributed by atoms with Gasteiger partial charge in [-0.05, 0) is 18.1 Å². The molecule has 0 spiro atoms. The maximum Gasteiger partial charge on any atom is 0.422 e. The van der Waals surface area contributed by atoms with Crippen molar-refractivity contribution in [2.45, 2.75) is 18.6 Å². The van der Waals surface area contributed by atoms with Crippen molar-refractivity contribution in [3.63, 3.8) is 0 Å². The van der Waals surface area contributed by atoms with Crippen LogP contribution in [0.4, 0.5) is 13.2 Å². The van der Waals surface area contributed by atoms with E-state index in [1.807, 2.05) is 30.3 Å². The van der Waals surface area contributed by atoms with E-state index in [0.29, 0.717) is 5.56 Å². The number of hydrogen-bond donors (Lipinski definition) is 1. The normalized spacial score (nSPS) is 11.7. The molecule has 2 aromatic rings. The van der Waals surface area contributed by atoms with Crippen LogP contribution in [0.2, 0.25) is 0 Å². The van der Waals surface area contributed by atoms with Gasteiger partial charge in [-0.3, -0.25) is 9.78 Å². The predicted molar refractivity (Wildman–Crippen MR) is 92.9 cm³/mol. The van der Waals surface area contributed by atoms with E-state index in [-0.39, 0.29) is 31.2 Å². The molecule has 0 unspecified atom stereocenters. The largest absolute Gasteiger partial charge is 0.455 e. The van der Waals surface area contributed by atoms with Crippen LogP contribution in [0.25, 0.3) is 11.3 Å². The van der Waals surface area contributed by atoms with Gasteiger partial charge in [0.05, 0.1) is 5.69 Å². The smallest absolute Gasteiger partial charge is 0.422 e. The summed E-state index contributed by atoms with van der Waals surface area (Å²) in [6.07, 6.45) is -2.97. The highest BCUT2D eigenvalue weighted by molar-refractivity contribution is 5.85. The van der Waals surface area contributed by atoms with Gasteiger partial charge in [0, 0.05) is 11.8 Å². The number of ether oxygens (including phenoxy) is 1. The SMILES string of the molecule is Cl.Cl.N[C@@H](Cc1ccc(-c2ccccc2)nc1)C(=O)OCC(F)(F)F. The third-order valence-corrected chi connectivity index (χ3v) is 3.03. The van der Waals surface area contributed by atoms with Crippen molar-refractivity contribution in [3.05, 3.63) is 54.2 Å². The molecule has 4 nitrogen and oxygen atoms in total. The van der Waals surface area contributed by atoms with Gasteiger partial charge in [-0.15, -0.1) is 24.8 Å². The summed E-state index contributed by atoms with van der Waals surface area (Å²) in [7, 11) is 0. The third-order valence-electron chi connectivity index (χ3n) is 3.03. The van der Waals surface area contributed by atoms with Gasteiger partial charge in [-0.25, -0.2) is 0 Å². The highest BCUT2D eigenvalue weighted by Gasteiger charge is 2.30. The van der Waals surface area contributed by atoms with Crippen LogP contribution in [0, 0.1) is 0 Å². The van der Waals surface area contributed by atoms with Crippen molar-refractivity contribution in [3.8, 4) is 11.3 Å². The molecule has 1 heterocycles. The first-order valence-corrected chi connectivity index (χ1v) is 6.84. The summed E-state index contributed by atoms with van der Waals surface area (Å²) < 4.78 is 40.1. The van der Waals surface area contributed by atoms with Crippen molar-refractivity contribution in [2.24, 2.45) is 5.73 Å². The molecule has 0 saturated heterocycles. The van der Waals surface area contributed by atoms with Crippen molar-refractivity contribution >= 4 is 30.8 Å². The standard InChI is InChI=1S/C16H15F3N2O2.2ClH/c17-16(18,19)10-23-15(22)13(20)8-11-6-7-14(21-9-11)12-4-2-1-3-5-12;;/h1-7,9,13H,8,10,20H2;2*1H/t13-;;/m0../s1. The van der Waals surface area contributed by atoms with Gasteiger partial charge < -0.3 is 10.5 Å². The molecule has 0 amide bonds. The molecule has 2 N–H and O–H groups in total. The Labute approximate surface area is 155 Å². The molecular weight excluding hydrogens is 380 g/mol. The molecule has 138 valence electrons. The second kappa shape index (κ2) is 10.2. The molecule has 0 bridgehead atoms. The van der Waals surface area contributed by atoms with Gasteiger partial charge in [0.2, 0.25) is 0 Å². The summed E-state index contributed by atoms with van der Waals surface area (Å²) in [5.74, 6) is -1.09. The molecule has 0 radical (unpaired) electrons. The lowest BCUT2D eigenvalue weighted by molar-refractivity contribution is -0.187. The Hall–Kier alpha value is -1.83. The van der Waals surface area contributed by atoms with Crippen LogP contribution >= 0.6 is 24.8 Å². The average Bonchev–Trinajstić information content (AvgIpc) is 2.53. The van der Waals surface area contributed by atoms with E-state index >= 15 is 0 Å². The van der Waals surface area contributed by atoms with Crippen molar-refractivity contribution in [1.82, 2.24) is 4.98 Å². The van der Waals surface area contributed by atoms with Crippen molar-refractivity contribution in [1.29, 1.82) is 0 Å². The Morgan fingerprint density at radius 1 is 1.12 bits per heavy atom. The molecule has 0 aliphatic rings. The van der Waals surface area contributed by atoms with E-state index in [4.69, 9.17) is 5.73 Å². The van der Waals surface area contributed by atoms with Crippen LogP contribution in [-0.2, 0) is 16.0 Å². The topological polar surface area (TPSA) is 65.2 Å². The zero-order valence-electron chi connectivity index (χ0n) is 12.9. The number of benzene rings is 1. The summed E-state index contributed by atoms with van der Waals surface area (Å²) in [5.41, 5.74) is 7.89. The van der Waals surface area contributed by atoms with Crippen LogP contribution in [0.15, 0.2) is 48.7 Å². The highest BCUT2D eigenvalue weighted by Crippen LogP contribution is 2.17. The lowest BCUT2D eigenvalue weighted by Gasteiger charge is -2.13. The molecule has 9 heteroatoms. The second-order valence-electron chi connectivity index (χ2n) is 4.95. The van der Waals surface area contributed by atoms with Crippen LogP contribution < -0.4 is 5.73 Å². The van der Waals surface area contributed by atoms with Gasteiger partial charge in [-0.1, -0.05) is 36.4 Å². The average molecular weight is 397 g/mol. The van der Waals surface area contributed by atoms with E-state index in [9.17, 15) is 18.0 Å². The zero-order valence-corrected chi connectivity index (χ0v) is 14.5. The van der Waals surface area contributed by atoms with Crippen LogP contribution in [0.5, 0.6) is 0 Å². The van der Waals surface area contributed by atoms with Crippen LogP contribution in [-0.4, -0.2) is 29.8 Å². The van der Waals surface area contributed by atoms with Gasteiger partial charge in [0.15, 0.2) is 6.61 Å². The molecule has 25 heavy (non-hydrogen) atoms. The Kier molecular flexibility index (Phi) is 9.48. The van der Waals surface area contributed by atoms with E-state index in [2.05, 4.69) is 9.72 Å². The van der Waals surface area contributed by atoms with Gasteiger partial charge in [0.1, 0.15) is 6.04 Å². The van der Waals surface area contributed by atoms with Crippen LogP contribution in [0.3, 0.4) is 0 Å². The summed E-state index contributed by atoms with van der Waals surface area (Å²) >= 11 is 0. The Balaban J connectivity index is 0.00000288. The molecule has 0 aliphatic heterocycles. The molecule has 1 atom stereocenters. The van der Waals surface area contributed by atoms with E-state index in [0.717, 1.165) is 11.3 Å². The molecule has 0 fully saturated rings. The molecule has 1 aromatic heterocycles. The Bertz CT molecular complexity index is 653. The lowest BCUT2D eigenvalue weighted by Crippen LogP contribution is -2.36. The van der Waals surface area contributed by atoms with E-state index in [1.54, 1.807) is 18.3 Å². The first-order valence-electron chi connectivity index (χ1n) is 6.84. The number of pyridine rings is 1. The molecule has 2 rings (SSSR count). The minimum absolute atomic E-state index is 0. The van der Waals surface area contributed by atoms with Crippen molar-refractivity contribution in [2.75, 3.05) is 6.61 Å². The van der Waals surface area contributed by atoms with Crippen molar-refractivity contribution < 1.29 is 22.7 Å². The molecular formula is C16H17Cl2F3N2O2. The number of carbonyl (C=O) groups excluding carboxylic acids is 1. The number of carbonyl (C=O) groups is 1. The number of alkyl halides is 3. The molecule has 0 saturated carbocycles. The van der Waals surface area contributed by atoms with Gasteiger partial charge in [0.25, 0.3) is 0 Å². The Morgan fingerprint density at radius 2 is 1.76 bits per heavy atom. The summed E-state index contributed by atoms with van der Waals surface area (Å²) in [4.78, 5) is 15.7. The molecule has 0 aliphatic carbocycles. The lowest BCUT2D eigenvalue weighted by atomic mass is 10.1. The number of nitrogens with two attached hydrogens (primary N) is 1. The fraction of sp³-hybridized carbons (Fsp3) is 0.250. The number of aromatic nitrogens is 1. The van der Waals surface area contributed by atoms with Gasteiger partial charge in [-0.2, -0.15) is 13.2 Å². The summed E-state index contributed by atoms with van der Waals surface area (Å²) in [6, 6.07) is 11.8. The number of rotatable bonds is 5. The number of esters is 1. The van der Waals surface area contributed by atoms with Gasteiger partial charge >= 0.3 is 12.1 Å². The zero-order chi connectivity index (χ0) is 16.9. The quantitative estimate of drug-likeness (QED) is 0.784. The minimum atomic E-state index is -4.56. The third kappa shape index (κ3) is 7.72.